The highest BCUT2D eigenvalue weighted by Gasteiger charge is 2.40. The minimum absolute atomic E-state index is 0.240. The second-order valence-corrected chi connectivity index (χ2v) is 22.6. The minimum Gasteiger partial charge on any atom is -0.310 e. The van der Waals surface area contributed by atoms with Gasteiger partial charge in [0.1, 0.15) is 0 Å². The molecule has 9 aromatic carbocycles. The number of hydrogen-bond acceptors (Lipinski definition) is 2. The summed E-state index contributed by atoms with van der Waals surface area (Å²) in [6, 6.07) is 67.6. The van der Waals surface area contributed by atoms with Gasteiger partial charge in [-0.2, -0.15) is 0 Å². The fourth-order valence-electron chi connectivity index (χ4n) is 9.64. The molecule has 0 unspecified atom stereocenters. The summed E-state index contributed by atoms with van der Waals surface area (Å²) < 4.78 is 0. The molecule has 10 rings (SSSR count). The molecule has 0 atom stereocenters. The number of aryl methyl sites for hydroxylation is 1. The fourth-order valence-corrected chi connectivity index (χ4v) is 10.8. The SMILES string of the molecule is Cc1cccc(N(c2ccccc2)c2ccc3c4c(ccc3c2)-c2c(c3ccc(N(c5ccccc5)c5cccc([Si](C)(C)C)c5)cc3c3ccccc23)C4(C)C)c1. The zero-order chi connectivity index (χ0) is 39.8. The van der Waals surface area contributed by atoms with Gasteiger partial charge in [-0.05, 0) is 140 Å². The highest BCUT2D eigenvalue weighted by Crippen LogP contribution is 2.57. The molecule has 1 aliphatic rings. The van der Waals surface area contributed by atoms with Crippen molar-refractivity contribution >= 4 is 79.7 Å². The van der Waals surface area contributed by atoms with Crippen molar-refractivity contribution in [2.45, 2.75) is 45.8 Å². The van der Waals surface area contributed by atoms with Crippen LogP contribution in [0.4, 0.5) is 34.1 Å². The first-order chi connectivity index (χ1) is 28.1. The van der Waals surface area contributed by atoms with E-state index in [-0.39, 0.29) is 5.41 Å². The summed E-state index contributed by atoms with van der Waals surface area (Å²) in [5, 5.41) is 9.23. The molecule has 0 amide bonds. The molecule has 0 saturated carbocycles. The molecular formula is C55H48N2Si. The Balaban J connectivity index is 1.16. The maximum absolute atomic E-state index is 2.44. The lowest BCUT2D eigenvalue weighted by Crippen LogP contribution is -2.37. The maximum Gasteiger partial charge on any atom is 0.0776 e. The number of rotatable bonds is 7. The van der Waals surface area contributed by atoms with Gasteiger partial charge < -0.3 is 9.80 Å². The van der Waals surface area contributed by atoms with E-state index in [0.717, 1.165) is 22.7 Å². The predicted octanol–water partition coefficient (Wildman–Crippen LogP) is 15.2. The van der Waals surface area contributed by atoms with Crippen molar-refractivity contribution in [3.05, 3.63) is 199 Å². The Morgan fingerprint density at radius 1 is 0.397 bits per heavy atom. The van der Waals surface area contributed by atoms with Gasteiger partial charge in [0.05, 0.1) is 8.07 Å². The number of hydrogen-bond donors (Lipinski definition) is 0. The quantitative estimate of drug-likeness (QED) is 0.118. The Labute approximate surface area is 343 Å². The van der Waals surface area contributed by atoms with Crippen molar-refractivity contribution in [3.63, 3.8) is 0 Å². The van der Waals surface area contributed by atoms with Gasteiger partial charge in [0.15, 0.2) is 0 Å². The zero-order valence-corrected chi connectivity index (χ0v) is 35.2. The third-order valence-electron chi connectivity index (χ3n) is 12.3. The van der Waals surface area contributed by atoms with Crippen molar-refractivity contribution in [2.24, 2.45) is 0 Å². The predicted molar refractivity (Wildman–Crippen MR) is 254 cm³/mol. The first kappa shape index (κ1) is 36.0. The first-order valence-corrected chi connectivity index (χ1v) is 24.0. The highest BCUT2D eigenvalue weighted by molar-refractivity contribution is 6.88. The molecule has 0 spiro atoms. The summed E-state index contributed by atoms with van der Waals surface area (Å²) in [7, 11) is -1.54. The molecule has 0 heterocycles. The second kappa shape index (κ2) is 13.6. The van der Waals surface area contributed by atoms with E-state index in [9.17, 15) is 0 Å². The number of para-hydroxylation sites is 2. The van der Waals surface area contributed by atoms with E-state index in [1.54, 1.807) is 0 Å². The molecule has 1 aliphatic carbocycles. The van der Waals surface area contributed by atoms with E-state index in [0.29, 0.717) is 0 Å². The largest absolute Gasteiger partial charge is 0.310 e. The van der Waals surface area contributed by atoms with E-state index in [1.807, 2.05) is 0 Å². The van der Waals surface area contributed by atoms with Crippen LogP contribution in [0, 0.1) is 6.92 Å². The summed E-state index contributed by atoms with van der Waals surface area (Å²) in [6.45, 7) is 14.3. The van der Waals surface area contributed by atoms with Gasteiger partial charge in [0.25, 0.3) is 0 Å². The molecule has 0 aromatic heterocycles. The van der Waals surface area contributed by atoms with Crippen LogP contribution >= 0.6 is 0 Å². The number of nitrogens with zero attached hydrogens (tertiary/aromatic N) is 2. The summed E-state index contributed by atoms with van der Waals surface area (Å²) >= 11 is 0. The summed E-state index contributed by atoms with van der Waals surface area (Å²) in [4.78, 5) is 4.81. The average Bonchev–Trinajstić information content (AvgIpc) is 3.48. The smallest absolute Gasteiger partial charge is 0.0776 e. The molecule has 0 bridgehead atoms. The van der Waals surface area contributed by atoms with E-state index in [1.165, 1.54) is 76.7 Å². The molecule has 0 N–H and O–H groups in total. The number of fused-ring (bicyclic) bond motifs is 10. The summed E-state index contributed by atoms with van der Waals surface area (Å²) in [6.07, 6.45) is 0. The Hall–Kier alpha value is -6.42. The third-order valence-corrected chi connectivity index (χ3v) is 14.4. The van der Waals surface area contributed by atoms with E-state index in [4.69, 9.17) is 0 Å². The van der Waals surface area contributed by atoms with Gasteiger partial charge >= 0.3 is 0 Å². The molecule has 282 valence electrons. The monoisotopic (exact) mass is 764 g/mol. The lowest BCUT2D eigenvalue weighted by molar-refractivity contribution is 0.672. The highest BCUT2D eigenvalue weighted by atomic mass is 28.3. The third kappa shape index (κ3) is 5.84. The van der Waals surface area contributed by atoms with Crippen molar-refractivity contribution in [3.8, 4) is 11.1 Å². The first-order valence-electron chi connectivity index (χ1n) is 20.5. The number of benzene rings is 9. The lowest BCUT2D eigenvalue weighted by Gasteiger charge is -2.29. The van der Waals surface area contributed by atoms with Crippen LogP contribution in [0.25, 0.3) is 43.4 Å². The number of anilines is 6. The van der Waals surface area contributed by atoms with Crippen molar-refractivity contribution < 1.29 is 0 Å². The van der Waals surface area contributed by atoms with Crippen LogP contribution in [-0.2, 0) is 5.41 Å². The Bertz CT molecular complexity index is 3030. The van der Waals surface area contributed by atoms with Gasteiger partial charge in [0.2, 0.25) is 0 Å². The normalized spacial score (nSPS) is 13.1. The van der Waals surface area contributed by atoms with Crippen molar-refractivity contribution in [2.75, 3.05) is 9.80 Å². The van der Waals surface area contributed by atoms with E-state index < -0.39 is 8.07 Å². The summed E-state index contributed by atoms with van der Waals surface area (Å²) in [5.74, 6) is 0. The van der Waals surface area contributed by atoms with Crippen LogP contribution in [0.2, 0.25) is 19.6 Å². The van der Waals surface area contributed by atoms with Crippen molar-refractivity contribution in [1.29, 1.82) is 0 Å². The van der Waals surface area contributed by atoms with Gasteiger partial charge in [-0.1, -0.05) is 148 Å². The molecular weight excluding hydrogens is 717 g/mol. The van der Waals surface area contributed by atoms with Crippen LogP contribution in [0.1, 0.15) is 30.5 Å². The van der Waals surface area contributed by atoms with Gasteiger partial charge in [-0.25, -0.2) is 0 Å². The molecule has 9 aromatic rings. The average molecular weight is 765 g/mol. The maximum atomic E-state index is 2.44. The molecule has 0 radical (unpaired) electrons. The van der Waals surface area contributed by atoms with Gasteiger partial charge in [-0.3, -0.25) is 0 Å². The van der Waals surface area contributed by atoms with Crippen LogP contribution in [-0.4, -0.2) is 8.07 Å². The summed E-state index contributed by atoms with van der Waals surface area (Å²) in [5.41, 5.74) is 13.5. The van der Waals surface area contributed by atoms with Crippen LogP contribution in [0.5, 0.6) is 0 Å². The topological polar surface area (TPSA) is 6.48 Å². The molecule has 0 saturated heterocycles. The zero-order valence-electron chi connectivity index (χ0n) is 34.2. The molecule has 0 fully saturated rings. The Morgan fingerprint density at radius 2 is 0.948 bits per heavy atom. The van der Waals surface area contributed by atoms with Gasteiger partial charge in [0, 0.05) is 39.5 Å². The molecule has 0 aliphatic heterocycles. The van der Waals surface area contributed by atoms with Crippen LogP contribution in [0.15, 0.2) is 182 Å². The lowest BCUT2D eigenvalue weighted by atomic mass is 9.77. The second-order valence-electron chi connectivity index (χ2n) is 17.5. The standard InChI is InChI=1S/C55H48N2Si/c1-37-17-15-22-41(33-37)56(39-18-9-7-10-19-39)43-28-31-46-38(34-43)27-30-50-52-48-26-14-13-25-47(48)51-36-44(29-32-49(51)54(52)55(2,3)53(46)50)57(40-20-11-8-12-21-40)42-23-16-24-45(35-42)58(4,5)6/h7-36H,1-6H3. The van der Waals surface area contributed by atoms with Crippen molar-refractivity contribution in [1.82, 2.24) is 0 Å². The molecule has 3 heteroatoms. The van der Waals surface area contributed by atoms with Gasteiger partial charge in [-0.15, -0.1) is 0 Å². The van der Waals surface area contributed by atoms with Crippen LogP contribution < -0.4 is 15.0 Å². The Morgan fingerprint density at radius 3 is 1.60 bits per heavy atom. The molecule has 58 heavy (non-hydrogen) atoms. The van der Waals surface area contributed by atoms with Crippen LogP contribution in [0.3, 0.4) is 0 Å². The van der Waals surface area contributed by atoms with E-state index >= 15 is 0 Å². The molecule has 2 nitrogen and oxygen atoms in total. The van der Waals surface area contributed by atoms with E-state index in [2.05, 4.69) is 232 Å². The fraction of sp³-hybridized carbons (Fsp3) is 0.127. The Kier molecular flexibility index (Phi) is 8.44. The minimum atomic E-state index is -1.54.